The molecule has 1 aromatic rings. The van der Waals surface area contributed by atoms with Crippen LogP contribution in [0.3, 0.4) is 0 Å². The van der Waals surface area contributed by atoms with Gasteiger partial charge in [0, 0.05) is 5.02 Å². The number of benzene rings is 1. The van der Waals surface area contributed by atoms with E-state index in [9.17, 15) is 0 Å². The Balaban J connectivity index is 2.28. The van der Waals surface area contributed by atoms with Gasteiger partial charge < -0.3 is 5.21 Å². The van der Waals surface area contributed by atoms with Crippen LogP contribution < -0.4 is 0 Å². The van der Waals surface area contributed by atoms with Crippen LogP contribution in [0, 0.1) is 0 Å². The van der Waals surface area contributed by atoms with Gasteiger partial charge in [-0.15, -0.1) is 0 Å². The Labute approximate surface area is 100 Å². The number of oxime groups is 1. The molecular weight excluding hydrogens is 222 g/mol. The lowest BCUT2D eigenvalue weighted by molar-refractivity contribution is 0.316. The Bertz CT molecular complexity index is 437. The highest BCUT2D eigenvalue weighted by molar-refractivity contribution is 6.30. The smallest absolute Gasteiger partial charge is 0.0827 e. The monoisotopic (exact) mass is 235 g/mol. The standard InChI is InChI=1S/C13H14ClNO/c14-12-6-3-4-10(9-12)8-11-5-1-2-7-13(11)15-16/h3-4,6,8-9,16H,1-2,5,7H2/b11-8-,15-13+. The highest BCUT2D eigenvalue weighted by atomic mass is 35.5. The van der Waals surface area contributed by atoms with Crippen molar-refractivity contribution in [1.82, 2.24) is 0 Å². The molecule has 0 unspecified atom stereocenters. The summed E-state index contributed by atoms with van der Waals surface area (Å²) in [6.45, 7) is 0. The van der Waals surface area contributed by atoms with E-state index in [0.717, 1.165) is 47.6 Å². The molecule has 16 heavy (non-hydrogen) atoms. The molecule has 0 atom stereocenters. The average molecular weight is 236 g/mol. The maximum absolute atomic E-state index is 8.92. The van der Waals surface area contributed by atoms with E-state index in [2.05, 4.69) is 11.2 Å². The van der Waals surface area contributed by atoms with E-state index in [1.54, 1.807) is 0 Å². The number of halogens is 1. The SMILES string of the molecule is O/N=C1\CCCC\C1=C\c1cccc(Cl)c1. The Morgan fingerprint density at radius 3 is 2.81 bits per heavy atom. The lowest BCUT2D eigenvalue weighted by atomic mass is 9.91. The van der Waals surface area contributed by atoms with Crippen LogP contribution >= 0.6 is 11.6 Å². The van der Waals surface area contributed by atoms with Crippen LogP contribution in [0.5, 0.6) is 0 Å². The maximum Gasteiger partial charge on any atom is 0.0827 e. The highest BCUT2D eigenvalue weighted by Gasteiger charge is 2.13. The van der Waals surface area contributed by atoms with Crippen molar-refractivity contribution in [2.45, 2.75) is 25.7 Å². The largest absolute Gasteiger partial charge is 0.411 e. The third-order valence-corrected chi connectivity index (χ3v) is 3.03. The van der Waals surface area contributed by atoms with Gasteiger partial charge >= 0.3 is 0 Å². The third kappa shape index (κ3) is 2.64. The predicted molar refractivity (Wildman–Crippen MR) is 67.1 cm³/mol. The lowest BCUT2D eigenvalue weighted by Crippen LogP contribution is -2.08. The van der Waals surface area contributed by atoms with Crippen LogP contribution in [0.1, 0.15) is 31.2 Å². The van der Waals surface area contributed by atoms with E-state index in [0.29, 0.717) is 0 Å². The molecule has 0 radical (unpaired) electrons. The second-order valence-electron chi connectivity index (χ2n) is 3.98. The summed E-state index contributed by atoms with van der Waals surface area (Å²) in [7, 11) is 0. The van der Waals surface area contributed by atoms with Gasteiger partial charge in [0.1, 0.15) is 0 Å². The normalized spacial score (nSPS) is 21.6. The molecule has 0 heterocycles. The molecule has 2 nitrogen and oxygen atoms in total. The fourth-order valence-electron chi connectivity index (χ4n) is 1.98. The molecule has 1 aromatic carbocycles. The van der Waals surface area contributed by atoms with E-state index < -0.39 is 0 Å². The minimum atomic E-state index is 0.729. The second kappa shape index (κ2) is 5.17. The summed E-state index contributed by atoms with van der Waals surface area (Å²) in [6, 6.07) is 7.69. The second-order valence-corrected chi connectivity index (χ2v) is 4.41. The van der Waals surface area contributed by atoms with Crippen molar-refractivity contribution >= 4 is 23.4 Å². The molecular formula is C13H14ClNO. The number of rotatable bonds is 1. The van der Waals surface area contributed by atoms with Crippen LogP contribution in [-0.2, 0) is 0 Å². The fraction of sp³-hybridized carbons (Fsp3) is 0.308. The van der Waals surface area contributed by atoms with E-state index in [1.165, 1.54) is 0 Å². The summed E-state index contributed by atoms with van der Waals surface area (Å²) in [5.41, 5.74) is 2.99. The Hall–Kier alpha value is -1.28. The van der Waals surface area contributed by atoms with Crippen molar-refractivity contribution < 1.29 is 5.21 Å². The lowest BCUT2D eigenvalue weighted by Gasteiger charge is -2.15. The first kappa shape index (κ1) is 11.2. The average Bonchev–Trinajstić information content (AvgIpc) is 2.30. The first-order chi connectivity index (χ1) is 7.79. The molecule has 1 saturated carbocycles. The molecule has 0 spiro atoms. The van der Waals surface area contributed by atoms with Gasteiger partial charge in [-0.25, -0.2) is 0 Å². The topological polar surface area (TPSA) is 32.6 Å². The van der Waals surface area contributed by atoms with Crippen molar-refractivity contribution in [3.8, 4) is 0 Å². The zero-order valence-corrected chi connectivity index (χ0v) is 9.74. The Morgan fingerprint density at radius 1 is 1.25 bits per heavy atom. The van der Waals surface area contributed by atoms with E-state index in [1.807, 2.05) is 24.3 Å². The molecule has 0 saturated heterocycles. The molecule has 1 aliphatic carbocycles. The molecule has 0 aromatic heterocycles. The van der Waals surface area contributed by atoms with Gasteiger partial charge in [0.25, 0.3) is 0 Å². The van der Waals surface area contributed by atoms with Crippen LogP contribution in [-0.4, -0.2) is 10.9 Å². The van der Waals surface area contributed by atoms with Crippen LogP contribution in [0.15, 0.2) is 35.0 Å². The molecule has 84 valence electrons. The molecule has 0 bridgehead atoms. The summed E-state index contributed by atoms with van der Waals surface area (Å²) in [4.78, 5) is 0. The van der Waals surface area contributed by atoms with E-state index in [-0.39, 0.29) is 0 Å². The highest BCUT2D eigenvalue weighted by Crippen LogP contribution is 2.24. The van der Waals surface area contributed by atoms with Crippen LogP contribution in [0.2, 0.25) is 5.02 Å². The van der Waals surface area contributed by atoms with Gasteiger partial charge in [0.2, 0.25) is 0 Å². The summed E-state index contributed by atoms with van der Waals surface area (Å²) in [5, 5.41) is 13.0. The van der Waals surface area contributed by atoms with Crippen molar-refractivity contribution in [2.75, 3.05) is 0 Å². The van der Waals surface area contributed by atoms with E-state index >= 15 is 0 Å². The summed E-state index contributed by atoms with van der Waals surface area (Å²) < 4.78 is 0. The van der Waals surface area contributed by atoms with Gasteiger partial charge in [-0.3, -0.25) is 0 Å². The van der Waals surface area contributed by atoms with Gasteiger partial charge in [-0.1, -0.05) is 28.9 Å². The summed E-state index contributed by atoms with van der Waals surface area (Å²) >= 11 is 5.92. The Kier molecular flexibility index (Phi) is 3.62. The van der Waals surface area contributed by atoms with Crippen LogP contribution in [0.25, 0.3) is 6.08 Å². The molecule has 1 fully saturated rings. The quantitative estimate of drug-likeness (QED) is 0.576. The molecule has 0 amide bonds. The zero-order chi connectivity index (χ0) is 11.4. The van der Waals surface area contributed by atoms with Crippen LogP contribution in [0.4, 0.5) is 0 Å². The fourth-order valence-corrected chi connectivity index (χ4v) is 2.18. The first-order valence-electron chi connectivity index (χ1n) is 5.47. The number of allylic oxidation sites excluding steroid dienone is 1. The number of hydrogen-bond donors (Lipinski definition) is 1. The van der Waals surface area contributed by atoms with Gasteiger partial charge in [-0.2, -0.15) is 0 Å². The molecule has 1 N–H and O–H groups in total. The van der Waals surface area contributed by atoms with Gasteiger partial charge in [-0.05, 0) is 55.0 Å². The predicted octanol–water partition coefficient (Wildman–Crippen LogP) is 4.13. The number of hydrogen-bond acceptors (Lipinski definition) is 2. The van der Waals surface area contributed by atoms with Crippen molar-refractivity contribution in [1.29, 1.82) is 0 Å². The molecule has 1 aliphatic rings. The summed E-state index contributed by atoms with van der Waals surface area (Å²) in [6.07, 6.45) is 6.16. The Morgan fingerprint density at radius 2 is 2.06 bits per heavy atom. The zero-order valence-electron chi connectivity index (χ0n) is 8.99. The van der Waals surface area contributed by atoms with Crippen molar-refractivity contribution in [3.05, 3.63) is 40.4 Å². The summed E-state index contributed by atoms with van der Waals surface area (Å²) in [5.74, 6) is 0. The van der Waals surface area contributed by atoms with Gasteiger partial charge in [0.05, 0.1) is 5.71 Å². The number of nitrogens with zero attached hydrogens (tertiary/aromatic N) is 1. The van der Waals surface area contributed by atoms with Crippen molar-refractivity contribution in [3.63, 3.8) is 0 Å². The maximum atomic E-state index is 8.92. The minimum Gasteiger partial charge on any atom is -0.411 e. The molecule has 3 heteroatoms. The molecule has 0 aliphatic heterocycles. The van der Waals surface area contributed by atoms with Crippen molar-refractivity contribution in [2.24, 2.45) is 5.16 Å². The van der Waals surface area contributed by atoms with Gasteiger partial charge in [0.15, 0.2) is 0 Å². The third-order valence-electron chi connectivity index (χ3n) is 2.79. The van der Waals surface area contributed by atoms with E-state index in [4.69, 9.17) is 16.8 Å². The minimum absolute atomic E-state index is 0.729. The molecule has 2 rings (SSSR count). The first-order valence-corrected chi connectivity index (χ1v) is 5.85.